The van der Waals surface area contributed by atoms with Crippen molar-refractivity contribution in [2.24, 2.45) is 5.73 Å². The summed E-state index contributed by atoms with van der Waals surface area (Å²) in [6.45, 7) is 1.87. The molecule has 3 heterocycles. The van der Waals surface area contributed by atoms with Gasteiger partial charge in [0.15, 0.2) is 0 Å². The van der Waals surface area contributed by atoms with Crippen LogP contribution >= 0.6 is 0 Å². The molecular formula is C30H32N6O. The molecule has 0 spiro atoms. The second-order valence-corrected chi connectivity index (χ2v) is 10.4. The van der Waals surface area contributed by atoms with E-state index in [9.17, 15) is 4.79 Å². The molecule has 3 fully saturated rings. The third-order valence-electron chi connectivity index (χ3n) is 8.32. The van der Waals surface area contributed by atoms with Gasteiger partial charge in [-0.3, -0.25) is 4.79 Å². The first-order chi connectivity index (χ1) is 18.1. The number of nitrogens with one attached hydrogen (secondary N) is 1. The van der Waals surface area contributed by atoms with Gasteiger partial charge in [0.05, 0.1) is 11.6 Å². The minimum absolute atomic E-state index is 0.312. The van der Waals surface area contributed by atoms with E-state index in [-0.39, 0.29) is 0 Å². The number of piperazine rings is 1. The van der Waals surface area contributed by atoms with E-state index in [1.807, 2.05) is 42.6 Å². The van der Waals surface area contributed by atoms with Crippen molar-refractivity contribution in [2.75, 3.05) is 22.9 Å². The standard InChI is InChI=1S/C30H32N6O/c31-18-20-9-11-22(12-10-20)35-16-14-28-26(19-35)34-25-7-3-4-8-27(25)36(28)29-17-21(13-15-33-29)23-5-1-2-6-24(23)30(32)37/h1-2,5-6,9-13,15,17,25-28,34H,3-4,7-8,14,16,19H2,(H2,32,37)/t25-,26-,27-,28?/m1/s1. The maximum absolute atomic E-state index is 12.1. The normalized spacial score (nSPS) is 25.1. The smallest absolute Gasteiger partial charge is 0.249 e. The van der Waals surface area contributed by atoms with Gasteiger partial charge in [0.1, 0.15) is 5.82 Å². The highest BCUT2D eigenvalue weighted by Crippen LogP contribution is 2.38. The summed E-state index contributed by atoms with van der Waals surface area (Å²) < 4.78 is 0. The lowest BCUT2D eigenvalue weighted by Gasteiger charge is -2.56. The Balaban J connectivity index is 1.33. The lowest BCUT2D eigenvalue weighted by Crippen LogP contribution is -2.72. The largest absolute Gasteiger partial charge is 0.370 e. The quantitative estimate of drug-likeness (QED) is 0.569. The number of benzene rings is 2. The third-order valence-corrected chi connectivity index (χ3v) is 8.32. The van der Waals surface area contributed by atoms with Crippen LogP contribution in [0.15, 0.2) is 66.9 Å². The van der Waals surface area contributed by atoms with Gasteiger partial charge in [-0.25, -0.2) is 4.98 Å². The molecule has 6 rings (SSSR count). The van der Waals surface area contributed by atoms with Gasteiger partial charge in [0.25, 0.3) is 0 Å². The van der Waals surface area contributed by atoms with Crippen molar-refractivity contribution < 1.29 is 4.79 Å². The minimum Gasteiger partial charge on any atom is -0.370 e. The van der Waals surface area contributed by atoms with Crippen LogP contribution in [-0.4, -0.2) is 48.1 Å². The van der Waals surface area contributed by atoms with Crippen LogP contribution in [0, 0.1) is 11.3 Å². The molecule has 4 atom stereocenters. The summed E-state index contributed by atoms with van der Waals surface area (Å²) in [6.07, 6.45) is 7.69. The Kier molecular flexibility index (Phi) is 6.27. The fourth-order valence-electron chi connectivity index (χ4n) is 6.59. The minimum atomic E-state index is -0.418. The average Bonchev–Trinajstić information content (AvgIpc) is 2.95. The molecule has 3 aliphatic rings. The number of primary amides is 1. The monoisotopic (exact) mass is 492 g/mol. The number of carbonyl (C=O) groups excluding carboxylic acids is 1. The van der Waals surface area contributed by atoms with Gasteiger partial charge in [-0.1, -0.05) is 31.0 Å². The van der Waals surface area contributed by atoms with Crippen LogP contribution in [0.3, 0.4) is 0 Å². The van der Waals surface area contributed by atoms with E-state index in [4.69, 9.17) is 16.0 Å². The molecule has 0 bridgehead atoms. The number of aromatic nitrogens is 1. The Hall–Kier alpha value is -3.89. The molecule has 37 heavy (non-hydrogen) atoms. The highest BCUT2D eigenvalue weighted by Gasteiger charge is 2.46. The van der Waals surface area contributed by atoms with Crippen LogP contribution in [0.4, 0.5) is 11.5 Å². The molecule has 3 aromatic rings. The average molecular weight is 493 g/mol. The number of nitrogens with two attached hydrogens (primary N) is 1. The van der Waals surface area contributed by atoms with Crippen molar-refractivity contribution in [3.63, 3.8) is 0 Å². The van der Waals surface area contributed by atoms with Gasteiger partial charge in [-0.2, -0.15) is 5.26 Å². The maximum atomic E-state index is 12.1. The van der Waals surface area contributed by atoms with E-state index in [1.54, 1.807) is 6.07 Å². The molecule has 0 radical (unpaired) electrons. The Morgan fingerprint density at radius 1 is 1.00 bits per heavy atom. The number of rotatable bonds is 4. The number of carbonyl (C=O) groups is 1. The molecule has 1 saturated carbocycles. The molecule has 1 aromatic heterocycles. The summed E-state index contributed by atoms with van der Waals surface area (Å²) in [4.78, 5) is 22.0. The van der Waals surface area contributed by atoms with Crippen molar-refractivity contribution in [3.05, 3.63) is 78.0 Å². The van der Waals surface area contributed by atoms with E-state index in [0.717, 1.165) is 42.9 Å². The van der Waals surface area contributed by atoms with Gasteiger partial charge in [0.2, 0.25) is 5.91 Å². The molecule has 7 nitrogen and oxygen atoms in total. The number of amides is 1. The number of nitriles is 1. The second kappa shape index (κ2) is 9.87. The van der Waals surface area contributed by atoms with Gasteiger partial charge < -0.3 is 20.9 Å². The van der Waals surface area contributed by atoms with Crippen LogP contribution in [-0.2, 0) is 0 Å². The van der Waals surface area contributed by atoms with E-state index >= 15 is 0 Å². The number of hydrogen-bond acceptors (Lipinski definition) is 6. The molecule has 1 unspecified atom stereocenters. The molecule has 3 N–H and O–H groups in total. The maximum Gasteiger partial charge on any atom is 0.249 e. The van der Waals surface area contributed by atoms with Crippen molar-refractivity contribution >= 4 is 17.4 Å². The predicted octanol–water partition coefficient (Wildman–Crippen LogP) is 4.09. The van der Waals surface area contributed by atoms with Crippen LogP contribution < -0.4 is 20.9 Å². The number of piperidine rings is 1. The second-order valence-electron chi connectivity index (χ2n) is 10.4. The Morgan fingerprint density at radius 3 is 2.59 bits per heavy atom. The van der Waals surface area contributed by atoms with Crippen LogP contribution in [0.1, 0.15) is 48.0 Å². The van der Waals surface area contributed by atoms with Gasteiger partial charge >= 0.3 is 0 Å². The molecule has 2 saturated heterocycles. The number of fused-ring (bicyclic) bond motifs is 2. The Morgan fingerprint density at radius 2 is 1.78 bits per heavy atom. The van der Waals surface area contributed by atoms with Gasteiger partial charge in [-0.05, 0) is 72.9 Å². The number of hydrogen-bond donors (Lipinski definition) is 2. The lowest BCUT2D eigenvalue weighted by atomic mass is 9.81. The molecule has 1 aliphatic carbocycles. The van der Waals surface area contributed by atoms with E-state index in [1.165, 1.54) is 24.9 Å². The summed E-state index contributed by atoms with van der Waals surface area (Å²) in [5.41, 5.74) is 9.90. The number of pyridine rings is 1. The highest BCUT2D eigenvalue weighted by atomic mass is 16.1. The lowest BCUT2D eigenvalue weighted by molar-refractivity contribution is 0.100. The topological polar surface area (TPSA) is 98.3 Å². The summed E-state index contributed by atoms with van der Waals surface area (Å²) >= 11 is 0. The van der Waals surface area contributed by atoms with Crippen LogP contribution in [0.2, 0.25) is 0 Å². The number of nitrogens with zero attached hydrogens (tertiary/aromatic N) is 4. The van der Waals surface area contributed by atoms with Gasteiger partial charge in [-0.15, -0.1) is 0 Å². The van der Waals surface area contributed by atoms with E-state index in [0.29, 0.717) is 35.3 Å². The predicted molar refractivity (Wildman–Crippen MR) is 145 cm³/mol. The molecule has 188 valence electrons. The molecule has 7 heteroatoms. The summed E-state index contributed by atoms with van der Waals surface area (Å²) in [5, 5.41) is 13.2. The molecule has 2 aliphatic heterocycles. The zero-order valence-corrected chi connectivity index (χ0v) is 20.9. The van der Waals surface area contributed by atoms with E-state index in [2.05, 4.69) is 39.4 Å². The highest BCUT2D eigenvalue weighted by molar-refractivity contribution is 6.00. The zero-order chi connectivity index (χ0) is 25.4. The Bertz CT molecular complexity index is 1330. The number of anilines is 2. The fourth-order valence-corrected chi connectivity index (χ4v) is 6.59. The first-order valence-corrected chi connectivity index (χ1v) is 13.3. The zero-order valence-electron chi connectivity index (χ0n) is 20.9. The first-order valence-electron chi connectivity index (χ1n) is 13.3. The summed E-state index contributed by atoms with van der Waals surface area (Å²) in [7, 11) is 0. The first kappa shape index (κ1) is 23.5. The van der Waals surface area contributed by atoms with Crippen molar-refractivity contribution in [2.45, 2.75) is 56.3 Å². The van der Waals surface area contributed by atoms with E-state index < -0.39 is 5.91 Å². The van der Waals surface area contributed by atoms with Crippen molar-refractivity contribution in [1.82, 2.24) is 10.3 Å². The molecule has 2 aromatic carbocycles. The molecular weight excluding hydrogens is 460 g/mol. The third kappa shape index (κ3) is 4.42. The van der Waals surface area contributed by atoms with Crippen LogP contribution in [0.25, 0.3) is 11.1 Å². The van der Waals surface area contributed by atoms with Crippen molar-refractivity contribution in [3.8, 4) is 17.2 Å². The fraction of sp³-hybridized carbons (Fsp3) is 0.367. The summed E-state index contributed by atoms with van der Waals surface area (Å²) in [6, 6.07) is 23.3. The Labute approximate surface area is 217 Å². The summed E-state index contributed by atoms with van der Waals surface area (Å²) in [5.74, 6) is 0.565. The van der Waals surface area contributed by atoms with Crippen LogP contribution in [0.5, 0.6) is 0 Å². The SMILES string of the molecule is N#Cc1ccc(N2CCC3[C@@H](C2)N[C@@H]2CCCC[C@H]2N3c2cc(-c3ccccc3C(N)=O)ccn2)cc1. The molecule has 1 amide bonds. The van der Waals surface area contributed by atoms with Crippen molar-refractivity contribution in [1.29, 1.82) is 5.26 Å². The van der Waals surface area contributed by atoms with Gasteiger partial charge in [0, 0.05) is 54.7 Å².